The van der Waals surface area contributed by atoms with Crippen molar-refractivity contribution in [2.45, 2.75) is 19.8 Å². The van der Waals surface area contributed by atoms with Crippen molar-refractivity contribution in [3.63, 3.8) is 0 Å². The highest BCUT2D eigenvalue weighted by atomic mass is 32.1. The molecule has 0 fully saturated rings. The molecule has 0 aliphatic heterocycles. The Bertz CT molecular complexity index is 532. The summed E-state index contributed by atoms with van der Waals surface area (Å²) in [6.45, 7) is 4.08. The lowest BCUT2D eigenvalue weighted by Crippen LogP contribution is -1.91. The van der Waals surface area contributed by atoms with Gasteiger partial charge in [-0.1, -0.05) is 13.8 Å². The number of ether oxygens (including phenoxy) is 3. The number of benzene rings is 1. The van der Waals surface area contributed by atoms with Crippen molar-refractivity contribution >= 4 is 11.5 Å². The fourth-order valence-electron chi connectivity index (χ4n) is 1.44. The molecule has 6 heteroatoms. The van der Waals surface area contributed by atoms with Gasteiger partial charge in [0.05, 0.1) is 14.2 Å². The molecule has 2 rings (SSSR count). The molecular formula is C13H16N2O3S. The molecule has 0 aliphatic carbocycles. The summed E-state index contributed by atoms with van der Waals surface area (Å²) in [4.78, 5) is 4.32. The zero-order valence-electron chi connectivity index (χ0n) is 11.3. The fourth-order valence-corrected chi connectivity index (χ4v) is 2.13. The number of nitrogens with zero attached hydrogens (tertiary/aromatic N) is 2. The Labute approximate surface area is 116 Å². The van der Waals surface area contributed by atoms with E-state index in [1.54, 1.807) is 32.4 Å². The second kappa shape index (κ2) is 5.88. The number of hydrogen-bond acceptors (Lipinski definition) is 6. The first-order valence-corrected chi connectivity index (χ1v) is 6.64. The van der Waals surface area contributed by atoms with E-state index in [0.29, 0.717) is 22.4 Å². The SMILES string of the molecule is COc1cc(OC)cc(Oc2nc(C(C)C)ns2)c1. The Kier molecular flexibility index (Phi) is 4.21. The van der Waals surface area contributed by atoms with Crippen LogP contribution in [0.4, 0.5) is 0 Å². The van der Waals surface area contributed by atoms with Crippen molar-refractivity contribution in [3.05, 3.63) is 24.0 Å². The zero-order valence-corrected chi connectivity index (χ0v) is 12.2. The molecule has 0 amide bonds. The van der Waals surface area contributed by atoms with E-state index >= 15 is 0 Å². The van der Waals surface area contributed by atoms with Gasteiger partial charge in [0, 0.05) is 35.6 Å². The van der Waals surface area contributed by atoms with Gasteiger partial charge in [-0.3, -0.25) is 0 Å². The molecule has 2 aromatic rings. The van der Waals surface area contributed by atoms with Gasteiger partial charge in [0.25, 0.3) is 5.19 Å². The summed E-state index contributed by atoms with van der Waals surface area (Å²) in [7, 11) is 3.20. The third kappa shape index (κ3) is 3.35. The predicted molar refractivity (Wildman–Crippen MR) is 73.6 cm³/mol. The highest BCUT2D eigenvalue weighted by Crippen LogP contribution is 2.31. The van der Waals surface area contributed by atoms with Crippen LogP contribution in [0.5, 0.6) is 22.4 Å². The van der Waals surface area contributed by atoms with Crippen molar-refractivity contribution in [2.24, 2.45) is 0 Å². The number of rotatable bonds is 5. The van der Waals surface area contributed by atoms with E-state index in [1.807, 2.05) is 13.8 Å². The average molecular weight is 280 g/mol. The van der Waals surface area contributed by atoms with Crippen LogP contribution in [0.3, 0.4) is 0 Å². The molecule has 19 heavy (non-hydrogen) atoms. The van der Waals surface area contributed by atoms with Gasteiger partial charge in [0.1, 0.15) is 23.1 Å². The highest BCUT2D eigenvalue weighted by molar-refractivity contribution is 7.07. The summed E-state index contributed by atoms with van der Waals surface area (Å²) < 4.78 is 20.3. The minimum atomic E-state index is 0.286. The molecule has 0 bridgehead atoms. The second-order valence-corrected chi connectivity index (χ2v) is 4.94. The standard InChI is InChI=1S/C13H16N2O3S/c1-8(2)12-14-13(19-15-12)18-11-6-9(16-3)5-10(7-11)17-4/h5-8H,1-4H3. The average Bonchev–Trinajstić information content (AvgIpc) is 2.87. The van der Waals surface area contributed by atoms with Gasteiger partial charge in [-0.05, 0) is 0 Å². The Morgan fingerprint density at radius 2 is 1.58 bits per heavy atom. The Morgan fingerprint density at radius 1 is 1.00 bits per heavy atom. The van der Waals surface area contributed by atoms with Crippen LogP contribution in [0.15, 0.2) is 18.2 Å². The first kappa shape index (κ1) is 13.6. The first-order valence-electron chi connectivity index (χ1n) is 5.87. The molecule has 0 N–H and O–H groups in total. The van der Waals surface area contributed by atoms with E-state index in [9.17, 15) is 0 Å². The van der Waals surface area contributed by atoms with Gasteiger partial charge in [0.2, 0.25) is 0 Å². The largest absolute Gasteiger partial charge is 0.496 e. The maximum atomic E-state index is 5.68. The molecule has 0 aliphatic rings. The molecule has 0 atom stereocenters. The van der Waals surface area contributed by atoms with Crippen LogP contribution >= 0.6 is 11.5 Å². The number of aromatic nitrogens is 2. The summed E-state index contributed by atoms with van der Waals surface area (Å²) >= 11 is 1.23. The molecule has 0 spiro atoms. The summed E-state index contributed by atoms with van der Waals surface area (Å²) in [5, 5.41) is 0.513. The van der Waals surface area contributed by atoms with Crippen LogP contribution in [-0.2, 0) is 0 Å². The fraction of sp³-hybridized carbons (Fsp3) is 0.385. The monoisotopic (exact) mass is 280 g/mol. The molecule has 1 aromatic carbocycles. The normalized spacial score (nSPS) is 10.6. The van der Waals surface area contributed by atoms with Crippen LogP contribution < -0.4 is 14.2 Å². The van der Waals surface area contributed by atoms with E-state index in [-0.39, 0.29) is 5.92 Å². The van der Waals surface area contributed by atoms with Crippen LogP contribution in [0.2, 0.25) is 0 Å². The maximum Gasteiger partial charge on any atom is 0.298 e. The van der Waals surface area contributed by atoms with E-state index in [0.717, 1.165) is 5.82 Å². The van der Waals surface area contributed by atoms with Gasteiger partial charge in [-0.25, -0.2) is 0 Å². The van der Waals surface area contributed by atoms with Crippen LogP contribution in [0, 0.1) is 0 Å². The number of methoxy groups -OCH3 is 2. The Balaban J connectivity index is 2.21. The molecular weight excluding hydrogens is 264 g/mol. The maximum absolute atomic E-state index is 5.68. The lowest BCUT2D eigenvalue weighted by molar-refractivity contribution is 0.386. The van der Waals surface area contributed by atoms with E-state index in [2.05, 4.69) is 9.36 Å². The van der Waals surface area contributed by atoms with Gasteiger partial charge in [-0.15, -0.1) is 0 Å². The van der Waals surface area contributed by atoms with Gasteiger partial charge in [-0.2, -0.15) is 9.36 Å². The quantitative estimate of drug-likeness (QED) is 0.839. The van der Waals surface area contributed by atoms with E-state index in [1.165, 1.54) is 11.5 Å². The van der Waals surface area contributed by atoms with Gasteiger partial charge >= 0.3 is 0 Å². The summed E-state index contributed by atoms with van der Waals surface area (Å²) in [6.07, 6.45) is 0. The predicted octanol–water partition coefficient (Wildman–Crippen LogP) is 3.47. The second-order valence-electron chi connectivity index (χ2n) is 4.22. The summed E-state index contributed by atoms with van der Waals surface area (Å²) in [5.74, 6) is 3.02. The molecule has 102 valence electrons. The molecule has 0 saturated carbocycles. The van der Waals surface area contributed by atoms with Crippen LogP contribution in [0.1, 0.15) is 25.6 Å². The Morgan fingerprint density at radius 3 is 2.05 bits per heavy atom. The summed E-state index contributed by atoms with van der Waals surface area (Å²) in [5.41, 5.74) is 0. The molecule has 0 unspecified atom stereocenters. The minimum absolute atomic E-state index is 0.286. The third-order valence-corrected chi connectivity index (χ3v) is 3.08. The lowest BCUT2D eigenvalue weighted by atomic mass is 10.2. The lowest BCUT2D eigenvalue weighted by Gasteiger charge is -2.07. The first-order chi connectivity index (χ1) is 9.12. The zero-order chi connectivity index (χ0) is 13.8. The molecule has 0 radical (unpaired) electrons. The van der Waals surface area contributed by atoms with E-state index < -0.39 is 0 Å². The minimum Gasteiger partial charge on any atom is -0.496 e. The number of hydrogen-bond donors (Lipinski definition) is 0. The topological polar surface area (TPSA) is 53.5 Å². The van der Waals surface area contributed by atoms with E-state index in [4.69, 9.17) is 14.2 Å². The van der Waals surface area contributed by atoms with Crippen molar-refractivity contribution in [3.8, 4) is 22.4 Å². The molecule has 0 saturated heterocycles. The van der Waals surface area contributed by atoms with Crippen LogP contribution in [-0.4, -0.2) is 23.6 Å². The van der Waals surface area contributed by atoms with Crippen molar-refractivity contribution in [1.29, 1.82) is 0 Å². The summed E-state index contributed by atoms with van der Waals surface area (Å²) in [6, 6.07) is 5.34. The smallest absolute Gasteiger partial charge is 0.298 e. The molecule has 1 aromatic heterocycles. The van der Waals surface area contributed by atoms with Crippen LogP contribution in [0.25, 0.3) is 0 Å². The molecule has 1 heterocycles. The Hall–Kier alpha value is -1.82. The highest BCUT2D eigenvalue weighted by Gasteiger charge is 2.10. The van der Waals surface area contributed by atoms with Gasteiger partial charge in [0.15, 0.2) is 0 Å². The van der Waals surface area contributed by atoms with Crippen molar-refractivity contribution < 1.29 is 14.2 Å². The van der Waals surface area contributed by atoms with Crippen molar-refractivity contribution in [2.75, 3.05) is 14.2 Å². The van der Waals surface area contributed by atoms with Gasteiger partial charge < -0.3 is 14.2 Å². The molecule has 5 nitrogen and oxygen atoms in total. The third-order valence-electron chi connectivity index (χ3n) is 2.47. The van der Waals surface area contributed by atoms with Crippen molar-refractivity contribution in [1.82, 2.24) is 9.36 Å².